The zero-order valence-corrected chi connectivity index (χ0v) is 19.8. The summed E-state index contributed by atoms with van der Waals surface area (Å²) in [6.45, 7) is 4.12. The van der Waals surface area contributed by atoms with Gasteiger partial charge in [-0.15, -0.1) is 24.0 Å². The van der Waals surface area contributed by atoms with Crippen molar-refractivity contribution >= 4 is 40.0 Å². The second-order valence-corrected chi connectivity index (χ2v) is 8.32. The summed E-state index contributed by atoms with van der Waals surface area (Å²) in [5, 5.41) is 6.41. The van der Waals surface area contributed by atoms with Crippen molar-refractivity contribution in [2.45, 2.75) is 43.4 Å². The lowest BCUT2D eigenvalue weighted by atomic mass is 10.2. The van der Waals surface area contributed by atoms with Gasteiger partial charge in [0, 0.05) is 39.9 Å². The third-order valence-electron chi connectivity index (χ3n) is 4.24. The molecule has 10 heteroatoms. The van der Waals surface area contributed by atoms with E-state index in [0.29, 0.717) is 32.3 Å². The maximum atomic E-state index is 12.4. The first-order chi connectivity index (χ1) is 12.9. The molecule has 1 aliphatic heterocycles. The zero-order chi connectivity index (χ0) is 19.7. The van der Waals surface area contributed by atoms with Crippen LogP contribution in [0.25, 0.3) is 0 Å². The molecular weight excluding hydrogens is 495 g/mol. The summed E-state index contributed by atoms with van der Waals surface area (Å²) < 4.78 is 37.9. The molecule has 1 aromatic carbocycles. The van der Waals surface area contributed by atoms with Crippen LogP contribution in [0.3, 0.4) is 0 Å². The highest BCUT2D eigenvalue weighted by atomic mass is 127. The molecule has 160 valence electrons. The Labute approximate surface area is 184 Å². The van der Waals surface area contributed by atoms with Crippen LogP contribution in [0.5, 0.6) is 0 Å². The molecule has 0 bridgehead atoms. The fourth-order valence-corrected chi connectivity index (χ4v) is 3.85. The Bertz CT molecular complexity index is 707. The van der Waals surface area contributed by atoms with Crippen LogP contribution in [0.1, 0.15) is 25.3 Å². The Kier molecular flexibility index (Phi) is 11.3. The third kappa shape index (κ3) is 8.19. The van der Waals surface area contributed by atoms with E-state index >= 15 is 0 Å². The van der Waals surface area contributed by atoms with Crippen molar-refractivity contribution in [3.63, 3.8) is 0 Å². The van der Waals surface area contributed by atoms with Crippen LogP contribution in [0.4, 0.5) is 0 Å². The van der Waals surface area contributed by atoms with Crippen LogP contribution in [0.15, 0.2) is 34.2 Å². The van der Waals surface area contributed by atoms with E-state index < -0.39 is 10.0 Å². The summed E-state index contributed by atoms with van der Waals surface area (Å²) in [4.78, 5) is 4.42. The number of hydrogen-bond acceptors (Lipinski definition) is 5. The van der Waals surface area contributed by atoms with E-state index in [0.717, 1.165) is 18.4 Å². The average Bonchev–Trinajstić information content (AvgIpc) is 3.18. The van der Waals surface area contributed by atoms with Crippen LogP contribution >= 0.6 is 24.0 Å². The molecule has 0 saturated carbocycles. The third-order valence-corrected chi connectivity index (χ3v) is 5.68. The Morgan fingerprint density at radius 1 is 1.36 bits per heavy atom. The number of guanidine groups is 1. The van der Waals surface area contributed by atoms with Crippen molar-refractivity contribution in [1.29, 1.82) is 0 Å². The molecule has 1 saturated heterocycles. The number of nitrogens with zero attached hydrogens (tertiary/aromatic N) is 1. The van der Waals surface area contributed by atoms with Crippen LogP contribution in [0.2, 0.25) is 0 Å². The molecule has 28 heavy (non-hydrogen) atoms. The number of nitrogens with one attached hydrogen (secondary N) is 3. The quantitative estimate of drug-likeness (QED) is 0.256. The minimum atomic E-state index is -3.52. The average molecular weight is 526 g/mol. The number of sulfonamides is 1. The van der Waals surface area contributed by atoms with Crippen molar-refractivity contribution in [2.24, 2.45) is 4.99 Å². The fraction of sp³-hybridized carbons (Fsp3) is 0.611. The topological polar surface area (TPSA) is 101 Å². The lowest BCUT2D eigenvalue weighted by Crippen LogP contribution is -2.43. The summed E-state index contributed by atoms with van der Waals surface area (Å²) in [6.07, 6.45) is 1.85. The normalized spacial score (nSPS) is 18.4. The van der Waals surface area contributed by atoms with E-state index in [2.05, 4.69) is 20.3 Å². The maximum Gasteiger partial charge on any atom is 0.240 e. The van der Waals surface area contributed by atoms with E-state index in [1.807, 2.05) is 6.92 Å². The molecule has 3 N–H and O–H groups in total. The molecule has 0 spiro atoms. The van der Waals surface area contributed by atoms with Crippen molar-refractivity contribution in [3.05, 3.63) is 29.8 Å². The monoisotopic (exact) mass is 526 g/mol. The summed E-state index contributed by atoms with van der Waals surface area (Å²) >= 11 is 0. The SMILES string of the molecule is CN=C(NCc1ccc(S(=O)(=O)NCC2CCCO2)cc1)NC(C)COC.I. The van der Waals surface area contributed by atoms with Crippen molar-refractivity contribution in [1.82, 2.24) is 15.4 Å². The van der Waals surface area contributed by atoms with Crippen LogP contribution in [-0.4, -0.2) is 60.4 Å². The number of halogens is 1. The molecule has 0 aromatic heterocycles. The molecule has 8 nitrogen and oxygen atoms in total. The predicted molar refractivity (Wildman–Crippen MR) is 121 cm³/mol. The Balaban J connectivity index is 0.00000392. The fourth-order valence-electron chi connectivity index (χ4n) is 2.78. The number of ether oxygens (including phenoxy) is 2. The van der Waals surface area contributed by atoms with Gasteiger partial charge in [0.05, 0.1) is 17.6 Å². The first kappa shape index (κ1) is 25.1. The van der Waals surface area contributed by atoms with E-state index in [1.54, 1.807) is 38.4 Å². The van der Waals surface area contributed by atoms with Crippen molar-refractivity contribution < 1.29 is 17.9 Å². The lowest BCUT2D eigenvalue weighted by Gasteiger charge is -2.17. The standard InChI is InChI=1S/C18H30N4O4S.HI/c1-14(13-25-3)22-18(19-2)20-11-15-6-8-17(9-7-15)27(23,24)21-12-16-5-4-10-26-16;/h6-9,14,16,21H,4-5,10-13H2,1-3H3,(H2,19,20,22);1H. The molecule has 1 heterocycles. The maximum absolute atomic E-state index is 12.4. The predicted octanol–water partition coefficient (Wildman–Crippen LogP) is 1.46. The largest absolute Gasteiger partial charge is 0.383 e. The Hall–Kier alpha value is -0.950. The number of benzene rings is 1. The molecule has 2 rings (SSSR count). The summed E-state index contributed by atoms with van der Waals surface area (Å²) in [7, 11) is -0.172. The highest BCUT2D eigenvalue weighted by Crippen LogP contribution is 2.14. The number of aliphatic imine (C=N–C) groups is 1. The van der Waals surface area contributed by atoms with E-state index in [4.69, 9.17) is 9.47 Å². The number of rotatable bonds is 9. The van der Waals surface area contributed by atoms with Crippen LogP contribution < -0.4 is 15.4 Å². The second kappa shape index (κ2) is 12.6. The second-order valence-electron chi connectivity index (χ2n) is 6.56. The summed E-state index contributed by atoms with van der Waals surface area (Å²) in [5.74, 6) is 0.662. The van der Waals surface area contributed by atoms with E-state index in [1.165, 1.54) is 0 Å². The minimum Gasteiger partial charge on any atom is -0.383 e. The molecule has 0 aliphatic carbocycles. The summed E-state index contributed by atoms with van der Waals surface area (Å²) in [6, 6.07) is 6.93. The van der Waals surface area contributed by atoms with Gasteiger partial charge in [0.15, 0.2) is 5.96 Å². The molecule has 2 atom stereocenters. The van der Waals surface area contributed by atoms with Gasteiger partial charge >= 0.3 is 0 Å². The minimum absolute atomic E-state index is 0. The van der Waals surface area contributed by atoms with Gasteiger partial charge in [-0.25, -0.2) is 13.1 Å². The zero-order valence-electron chi connectivity index (χ0n) is 16.6. The van der Waals surface area contributed by atoms with Crippen molar-refractivity contribution in [2.75, 3.05) is 33.9 Å². The van der Waals surface area contributed by atoms with Gasteiger partial charge in [-0.05, 0) is 37.5 Å². The van der Waals surface area contributed by atoms with Gasteiger partial charge in [0.2, 0.25) is 10.0 Å². The smallest absolute Gasteiger partial charge is 0.240 e. The summed E-state index contributed by atoms with van der Waals surface area (Å²) in [5.41, 5.74) is 0.954. The highest BCUT2D eigenvalue weighted by molar-refractivity contribution is 14.0. The van der Waals surface area contributed by atoms with Gasteiger partial charge in [0.25, 0.3) is 0 Å². The van der Waals surface area contributed by atoms with Gasteiger partial charge in [-0.3, -0.25) is 4.99 Å². The lowest BCUT2D eigenvalue weighted by molar-refractivity contribution is 0.114. The number of hydrogen-bond donors (Lipinski definition) is 3. The first-order valence-electron chi connectivity index (χ1n) is 9.11. The Morgan fingerprint density at radius 2 is 2.07 bits per heavy atom. The van der Waals surface area contributed by atoms with E-state index in [-0.39, 0.29) is 41.0 Å². The highest BCUT2D eigenvalue weighted by Gasteiger charge is 2.20. The molecule has 1 aromatic rings. The van der Waals surface area contributed by atoms with Gasteiger partial charge < -0.3 is 20.1 Å². The van der Waals surface area contributed by atoms with Gasteiger partial charge in [-0.1, -0.05) is 12.1 Å². The molecule has 0 radical (unpaired) electrons. The molecule has 1 fully saturated rings. The first-order valence-corrected chi connectivity index (χ1v) is 10.6. The Morgan fingerprint density at radius 3 is 2.64 bits per heavy atom. The van der Waals surface area contributed by atoms with Crippen LogP contribution in [-0.2, 0) is 26.0 Å². The van der Waals surface area contributed by atoms with E-state index in [9.17, 15) is 8.42 Å². The molecular formula is C18H31IN4O4S. The molecule has 1 aliphatic rings. The van der Waals surface area contributed by atoms with Crippen molar-refractivity contribution in [3.8, 4) is 0 Å². The number of methoxy groups -OCH3 is 1. The molecule has 2 unspecified atom stereocenters. The van der Waals surface area contributed by atoms with Crippen LogP contribution in [0, 0.1) is 0 Å². The van der Waals surface area contributed by atoms with Gasteiger partial charge in [-0.2, -0.15) is 0 Å². The molecule has 0 amide bonds. The van der Waals surface area contributed by atoms with Gasteiger partial charge in [0.1, 0.15) is 0 Å².